The van der Waals surface area contributed by atoms with Gasteiger partial charge in [-0.25, -0.2) is 9.97 Å². The zero-order valence-electron chi connectivity index (χ0n) is 13.2. The topological polar surface area (TPSA) is 41.1 Å². The lowest BCUT2D eigenvalue weighted by molar-refractivity contribution is 0.139. The van der Waals surface area contributed by atoms with E-state index in [2.05, 4.69) is 34.2 Å². The predicted molar refractivity (Wildman–Crippen MR) is 86.9 cm³/mol. The summed E-state index contributed by atoms with van der Waals surface area (Å²) in [4.78, 5) is 11.5. The van der Waals surface area contributed by atoms with Crippen LogP contribution in [-0.4, -0.2) is 40.5 Å². The standard InChI is InChI=1S/C16H25ClN4/c1-4-14-19-15(17)10(2)16(20-14)18-9-11-7-12-5-6-13(8-11)21(12)3/h11-13H,4-9H2,1-3H3,(H,18,19,20). The minimum absolute atomic E-state index is 0.577. The van der Waals surface area contributed by atoms with Crippen LogP contribution in [0, 0.1) is 12.8 Å². The summed E-state index contributed by atoms with van der Waals surface area (Å²) < 4.78 is 0. The summed E-state index contributed by atoms with van der Waals surface area (Å²) in [6.07, 6.45) is 6.16. The largest absolute Gasteiger partial charge is 0.369 e. The van der Waals surface area contributed by atoms with Crippen LogP contribution in [0.2, 0.25) is 5.15 Å². The van der Waals surface area contributed by atoms with E-state index >= 15 is 0 Å². The van der Waals surface area contributed by atoms with E-state index < -0.39 is 0 Å². The molecule has 1 aromatic heterocycles. The fraction of sp³-hybridized carbons (Fsp3) is 0.750. The first-order valence-electron chi connectivity index (χ1n) is 8.07. The molecule has 0 radical (unpaired) electrons. The first-order valence-corrected chi connectivity index (χ1v) is 8.45. The lowest BCUT2D eigenvalue weighted by Crippen LogP contribution is -2.41. The molecule has 2 bridgehead atoms. The Morgan fingerprint density at radius 3 is 2.52 bits per heavy atom. The van der Waals surface area contributed by atoms with E-state index in [0.717, 1.165) is 48.2 Å². The van der Waals surface area contributed by atoms with Crippen molar-refractivity contribution in [1.82, 2.24) is 14.9 Å². The zero-order valence-corrected chi connectivity index (χ0v) is 14.0. The van der Waals surface area contributed by atoms with Crippen molar-refractivity contribution in [2.75, 3.05) is 18.9 Å². The summed E-state index contributed by atoms with van der Waals surface area (Å²) in [6, 6.07) is 1.58. The van der Waals surface area contributed by atoms with Gasteiger partial charge in [0.2, 0.25) is 0 Å². The minimum atomic E-state index is 0.577. The van der Waals surface area contributed by atoms with Gasteiger partial charge < -0.3 is 10.2 Å². The molecule has 2 unspecified atom stereocenters. The van der Waals surface area contributed by atoms with Gasteiger partial charge in [0, 0.05) is 30.6 Å². The van der Waals surface area contributed by atoms with Gasteiger partial charge in [0.25, 0.3) is 0 Å². The Morgan fingerprint density at radius 1 is 1.24 bits per heavy atom. The number of aromatic nitrogens is 2. The van der Waals surface area contributed by atoms with E-state index in [0.29, 0.717) is 5.15 Å². The van der Waals surface area contributed by atoms with Crippen molar-refractivity contribution in [2.45, 2.75) is 58.0 Å². The Kier molecular flexibility index (Phi) is 4.36. The highest BCUT2D eigenvalue weighted by molar-refractivity contribution is 6.30. The average Bonchev–Trinajstić information content (AvgIpc) is 2.70. The number of halogens is 1. The maximum atomic E-state index is 6.20. The Hall–Kier alpha value is -0.870. The van der Waals surface area contributed by atoms with E-state index in [9.17, 15) is 0 Å². The fourth-order valence-corrected chi connectivity index (χ4v) is 3.98. The minimum Gasteiger partial charge on any atom is -0.369 e. The summed E-state index contributed by atoms with van der Waals surface area (Å²) in [7, 11) is 2.29. The molecular weight excluding hydrogens is 284 g/mol. The Bertz CT molecular complexity index is 505. The van der Waals surface area contributed by atoms with Gasteiger partial charge in [-0.05, 0) is 45.6 Å². The van der Waals surface area contributed by atoms with Crippen LogP contribution in [-0.2, 0) is 6.42 Å². The molecule has 2 aliphatic rings. The summed E-state index contributed by atoms with van der Waals surface area (Å²) in [6.45, 7) is 5.04. The summed E-state index contributed by atoms with van der Waals surface area (Å²) in [5.41, 5.74) is 0.963. The highest BCUT2D eigenvalue weighted by Crippen LogP contribution is 2.37. The molecule has 3 rings (SSSR count). The monoisotopic (exact) mass is 308 g/mol. The second-order valence-corrected chi connectivity index (χ2v) is 6.88. The summed E-state index contributed by atoms with van der Waals surface area (Å²) in [5, 5.41) is 4.10. The average molecular weight is 309 g/mol. The van der Waals surface area contributed by atoms with Crippen molar-refractivity contribution in [3.05, 3.63) is 16.5 Å². The Balaban J connectivity index is 1.64. The molecule has 0 spiro atoms. The van der Waals surface area contributed by atoms with Crippen LogP contribution in [0.15, 0.2) is 0 Å². The molecule has 2 aliphatic heterocycles. The number of hydrogen-bond donors (Lipinski definition) is 1. The van der Waals surface area contributed by atoms with Crippen LogP contribution in [0.5, 0.6) is 0 Å². The second-order valence-electron chi connectivity index (χ2n) is 6.53. The van der Waals surface area contributed by atoms with Gasteiger partial charge in [0.15, 0.2) is 0 Å². The Labute approximate surface area is 132 Å². The van der Waals surface area contributed by atoms with Crippen molar-refractivity contribution in [3.63, 3.8) is 0 Å². The summed E-state index contributed by atoms with van der Waals surface area (Å²) >= 11 is 6.20. The molecule has 2 atom stereocenters. The van der Waals surface area contributed by atoms with Crippen molar-refractivity contribution in [3.8, 4) is 0 Å². The quantitative estimate of drug-likeness (QED) is 0.867. The highest BCUT2D eigenvalue weighted by atomic mass is 35.5. The van der Waals surface area contributed by atoms with Crippen LogP contribution >= 0.6 is 11.6 Å². The molecule has 1 N–H and O–H groups in total. The third kappa shape index (κ3) is 3.02. The predicted octanol–water partition coefficient (Wildman–Crippen LogP) is 3.29. The van der Waals surface area contributed by atoms with Gasteiger partial charge in [0.1, 0.15) is 16.8 Å². The van der Waals surface area contributed by atoms with Crippen LogP contribution in [0.4, 0.5) is 5.82 Å². The molecule has 5 heteroatoms. The number of anilines is 1. The first-order chi connectivity index (χ1) is 10.1. The van der Waals surface area contributed by atoms with E-state index in [4.69, 9.17) is 11.6 Å². The third-order valence-corrected chi connectivity index (χ3v) is 5.57. The van der Waals surface area contributed by atoms with Crippen molar-refractivity contribution in [1.29, 1.82) is 0 Å². The van der Waals surface area contributed by atoms with Crippen LogP contribution < -0.4 is 5.32 Å². The molecule has 21 heavy (non-hydrogen) atoms. The molecular formula is C16H25ClN4. The molecule has 0 aromatic carbocycles. The maximum Gasteiger partial charge on any atom is 0.137 e. The molecule has 0 amide bonds. The van der Waals surface area contributed by atoms with Crippen molar-refractivity contribution in [2.24, 2.45) is 5.92 Å². The molecule has 3 heterocycles. The Morgan fingerprint density at radius 2 is 1.90 bits per heavy atom. The summed E-state index contributed by atoms with van der Waals surface area (Å²) in [5.74, 6) is 2.48. The lowest BCUT2D eigenvalue weighted by Gasteiger charge is -2.36. The number of nitrogens with one attached hydrogen (secondary N) is 1. The van der Waals surface area contributed by atoms with Gasteiger partial charge in [-0.1, -0.05) is 18.5 Å². The van der Waals surface area contributed by atoms with E-state index in [1.54, 1.807) is 0 Å². The molecule has 4 nitrogen and oxygen atoms in total. The van der Waals surface area contributed by atoms with Crippen LogP contribution in [0.3, 0.4) is 0 Å². The second kappa shape index (κ2) is 6.09. The number of rotatable bonds is 4. The number of fused-ring (bicyclic) bond motifs is 2. The smallest absolute Gasteiger partial charge is 0.137 e. The molecule has 2 saturated heterocycles. The number of aryl methyl sites for hydroxylation is 1. The highest BCUT2D eigenvalue weighted by Gasteiger charge is 2.38. The van der Waals surface area contributed by atoms with E-state index in [-0.39, 0.29) is 0 Å². The third-order valence-electron chi connectivity index (χ3n) is 5.20. The van der Waals surface area contributed by atoms with Crippen molar-refractivity contribution >= 4 is 17.4 Å². The van der Waals surface area contributed by atoms with E-state index in [1.165, 1.54) is 25.7 Å². The van der Waals surface area contributed by atoms with Gasteiger partial charge in [-0.15, -0.1) is 0 Å². The van der Waals surface area contributed by atoms with Gasteiger partial charge in [-0.3, -0.25) is 0 Å². The van der Waals surface area contributed by atoms with Crippen molar-refractivity contribution < 1.29 is 0 Å². The van der Waals surface area contributed by atoms with Crippen LogP contribution in [0.25, 0.3) is 0 Å². The number of nitrogens with zero attached hydrogens (tertiary/aromatic N) is 3. The molecule has 0 aliphatic carbocycles. The van der Waals surface area contributed by atoms with Gasteiger partial charge in [0.05, 0.1) is 0 Å². The van der Waals surface area contributed by atoms with E-state index in [1.807, 2.05) is 6.92 Å². The molecule has 0 saturated carbocycles. The molecule has 1 aromatic rings. The van der Waals surface area contributed by atoms with Gasteiger partial charge >= 0.3 is 0 Å². The molecule has 116 valence electrons. The van der Waals surface area contributed by atoms with Crippen LogP contribution in [0.1, 0.15) is 44.0 Å². The number of piperidine rings is 1. The van der Waals surface area contributed by atoms with Gasteiger partial charge in [-0.2, -0.15) is 0 Å². The lowest BCUT2D eigenvalue weighted by atomic mass is 9.91. The first kappa shape index (κ1) is 15.0. The molecule has 2 fully saturated rings. The SMILES string of the molecule is CCc1nc(Cl)c(C)c(NCC2CC3CCC(C2)N3C)n1. The normalized spacial score (nSPS) is 28.9. The fourth-order valence-electron chi connectivity index (χ4n) is 3.79. The zero-order chi connectivity index (χ0) is 15.0. The maximum absolute atomic E-state index is 6.20. The number of hydrogen-bond acceptors (Lipinski definition) is 4.